The second kappa shape index (κ2) is 8.10. The van der Waals surface area contributed by atoms with Gasteiger partial charge in [-0.3, -0.25) is 0 Å². The second-order valence-corrected chi connectivity index (χ2v) is 5.47. The number of hydrogen-bond donors (Lipinski definition) is 2. The standard InChI is InChI=1S/C14H30N2O2/c1-4-14(12-17,15-2)8-5-9-16(3)13-6-10-18-11-7-13/h13,15,17H,4-12H2,1-3H3. The molecule has 1 saturated heterocycles. The summed E-state index contributed by atoms with van der Waals surface area (Å²) in [5.41, 5.74) is -0.0868. The summed E-state index contributed by atoms with van der Waals surface area (Å²) in [6.07, 6.45) is 5.44. The highest BCUT2D eigenvalue weighted by Gasteiger charge is 2.25. The molecule has 0 spiro atoms. The van der Waals surface area contributed by atoms with Crippen LogP contribution in [0.1, 0.15) is 39.0 Å². The predicted molar refractivity (Wildman–Crippen MR) is 74.9 cm³/mol. The Labute approximate surface area is 112 Å². The van der Waals surface area contributed by atoms with Crippen LogP contribution in [0.15, 0.2) is 0 Å². The van der Waals surface area contributed by atoms with Crippen molar-refractivity contribution in [2.75, 3.05) is 40.5 Å². The second-order valence-electron chi connectivity index (χ2n) is 5.47. The molecule has 0 aromatic carbocycles. The molecule has 1 heterocycles. The Morgan fingerprint density at radius 3 is 2.56 bits per heavy atom. The summed E-state index contributed by atoms with van der Waals surface area (Å²) >= 11 is 0. The van der Waals surface area contributed by atoms with Gasteiger partial charge in [0, 0.05) is 24.8 Å². The van der Waals surface area contributed by atoms with Crippen LogP contribution in [0.2, 0.25) is 0 Å². The molecular formula is C14H30N2O2. The summed E-state index contributed by atoms with van der Waals surface area (Å²) in [4.78, 5) is 2.45. The summed E-state index contributed by atoms with van der Waals surface area (Å²) in [6.45, 7) is 5.27. The minimum atomic E-state index is -0.0868. The normalized spacial score (nSPS) is 21.2. The Hall–Kier alpha value is -0.160. The molecule has 1 rings (SSSR count). The molecule has 18 heavy (non-hydrogen) atoms. The first-order valence-corrected chi connectivity index (χ1v) is 7.25. The van der Waals surface area contributed by atoms with E-state index in [1.54, 1.807) is 0 Å². The molecule has 1 fully saturated rings. The number of rotatable bonds is 8. The van der Waals surface area contributed by atoms with Gasteiger partial charge in [-0.15, -0.1) is 0 Å². The molecule has 1 aliphatic rings. The Kier molecular flexibility index (Phi) is 7.15. The first-order valence-electron chi connectivity index (χ1n) is 7.25. The van der Waals surface area contributed by atoms with Gasteiger partial charge in [-0.05, 0) is 52.7 Å². The number of nitrogens with zero attached hydrogens (tertiary/aromatic N) is 1. The Morgan fingerprint density at radius 1 is 1.39 bits per heavy atom. The highest BCUT2D eigenvalue weighted by atomic mass is 16.5. The predicted octanol–water partition coefficient (Wildman–Crippen LogP) is 1.24. The van der Waals surface area contributed by atoms with Crippen molar-refractivity contribution in [3.8, 4) is 0 Å². The fourth-order valence-electron chi connectivity index (χ4n) is 2.72. The summed E-state index contributed by atoms with van der Waals surface area (Å²) in [5.74, 6) is 0. The largest absolute Gasteiger partial charge is 0.394 e. The van der Waals surface area contributed by atoms with Gasteiger partial charge in [0.05, 0.1) is 6.61 Å². The number of aliphatic hydroxyl groups excluding tert-OH is 1. The van der Waals surface area contributed by atoms with Crippen LogP contribution < -0.4 is 5.32 Å². The van der Waals surface area contributed by atoms with Crippen LogP contribution in [0.25, 0.3) is 0 Å². The van der Waals surface area contributed by atoms with Gasteiger partial charge in [-0.2, -0.15) is 0 Å². The molecule has 1 aliphatic heterocycles. The molecule has 1 unspecified atom stereocenters. The number of likely N-dealkylation sites (N-methyl/N-ethyl adjacent to an activating group) is 1. The maximum absolute atomic E-state index is 9.50. The van der Waals surface area contributed by atoms with Crippen molar-refractivity contribution in [2.24, 2.45) is 0 Å². The van der Waals surface area contributed by atoms with Gasteiger partial charge in [0.15, 0.2) is 0 Å². The van der Waals surface area contributed by atoms with Crippen molar-refractivity contribution in [1.29, 1.82) is 0 Å². The lowest BCUT2D eigenvalue weighted by Gasteiger charge is -2.34. The lowest BCUT2D eigenvalue weighted by Crippen LogP contribution is -2.46. The van der Waals surface area contributed by atoms with Crippen molar-refractivity contribution >= 4 is 0 Å². The SMILES string of the molecule is CCC(CO)(CCCN(C)C1CCOCC1)NC. The topological polar surface area (TPSA) is 44.7 Å². The fourth-order valence-corrected chi connectivity index (χ4v) is 2.72. The molecule has 0 aliphatic carbocycles. The maximum Gasteiger partial charge on any atom is 0.0613 e. The third kappa shape index (κ3) is 4.50. The van der Waals surface area contributed by atoms with Gasteiger partial charge in [-0.1, -0.05) is 6.92 Å². The first kappa shape index (κ1) is 15.9. The van der Waals surface area contributed by atoms with Crippen molar-refractivity contribution in [2.45, 2.75) is 50.6 Å². The van der Waals surface area contributed by atoms with Crippen LogP contribution in [-0.2, 0) is 4.74 Å². The van der Waals surface area contributed by atoms with E-state index in [1.165, 1.54) is 0 Å². The van der Waals surface area contributed by atoms with Gasteiger partial charge >= 0.3 is 0 Å². The Bertz CT molecular complexity index is 206. The molecular weight excluding hydrogens is 228 g/mol. The quantitative estimate of drug-likeness (QED) is 0.687. The molecule has 0 amide bonds. The molecule has 0 aromatic heterocycles. The number of nitrogens with one attached hydrogen (secondary N) is 1. The monoisotopic (exact) mass is 258 g/mol. The van der Waals surface area contributed by atoms with E-state index in [9.17, 15) is 5.11 Å². The van der Waals surface area contributed by atoms with E-state index < -0.39 is 0 Å². The molecule has 0 aromatic rings. The van der Waals surface area contributed by atoms with Gasteiger partial charge < -0.3 is 20.1 Å². The fraction of sp³-hybridized carbons (Fsp3) is 1.00. The molecule has 0 bridgehead atoms. The molecule has 108 valence electrons. The molecule has 0 saturated carbocycles. The highest BCUT2D eigenvalue weighted by molar-refractivity contribution is 4.85. The smallest absolute Gasteiger partial charge is 0.0613 e. The summed E-state index contributed by atoms with van der Waals surface area (Å²) in [5, 5.41) is 12.8. The average molecular weight is 258 g/mol. The van der Waals surface area contributed by atoms with Crippen LogP contribution in [0, 0.1) is 0 Å². The van der Waals surface area contributed by atoms with E-state index >= 15 is 0 Å². The van der Waals surface area contributed by atoms with E-state index in [2.05, 4.69) is 24.2 Å². The van der Waals surface area contributed by atoms with Crippen LogP contribution in [0.3, 0.4) is 0 Å². The zero-order valence-electron chi connectivity index (χ0n) is 12.2. The third-order valence-electron chi connectivity index (χ3n) is 4.49. The zero-order chi connectivity index (χ0) is 13.4. The van der Waals surface area contributed by atoms with E-state index in [0.717, 1.165) is 51.9 Å². The van der Waals surface area contributed by atoms with Gasteiger partial charge in [0.2, 0.25) is 0 Å². The first-order chi connectivity index (χ1) is 8.67. The molecule has 2 N–H and O–H groups in total. The molecule has 1 atom stereocenters. The lowest BCUT2D eigenvalue weighted by molar-refractivity contribution is 0.0412. The maximum atomic E-state index is 9.50. The van der Waals surface area contributed by atoms with Crippen LogP contribution >= 0.6 is 0 Å². The van der Waals surface area contributed by atoms with Crippen LogP contribution in [0.4, 0.5) is 0 Å². The molecule has 4 nitrogen and oxygen atoms in total. The van der Waals surface area contributed by atoms with Crippen molar-refractivity contribution < 1.29 is 9.84 Å². The summed E-state index contributed by atoms with van der Waals surface area (Å²) in [7, 11) is 4.16. The van der Waals surface area contributed by atoms with E-state index in [4.69, 9.17) is 4.74 Å². The molecule has 4 heteroatoms. The average Bonchev–Trinajstić information content (AvgIpc) is 2.45. The zero-order valence-corrected chi connectivity index (χ0v) is 12.2. The minimum absolute atomic E-state index is 0.0868. The van der Waals surface area contributed by atoms with E-state index in [0.29, 0.717) is 6.04 Å². The number of hydrogen-bond acceptors (Lipinski definition) is 4. The molecule has 0 radical (unpaired) electrons. The van der Waals surface area contributed by atoms with Crippen molar-refractivity contribution in [3.05, 3.63) is 0 Å². The Balaban J connectivity index is 2.26. The lowest BCUT2D eigenvalue weighted by atomic mass is 9.91. The minimum Gasteiger partial charge on any atom is -0.394 e. The van der Waals surface area contributed by atoms with Crippen LogP contribution in [-0.4, -0.2) is 62.0 Å². The van der Waals surface area contributed by atoms with E-state index in [1.807, 2.05) is 7.05 Å². The number of ether oxygens (including phenoxy) is 1. The van der Waals surface area contributed by atoms with Gasteiger partial charge in [-0.25, -0.2) is 0 Å². The van der Waals surface area contributed by atoms with Gasteiger partial charge in [0.25, 0.3) is 0 Å². The van der Waals surface area contributed by atoms with E-state index in [-0.39, 0.29) is 12.1 Å². The van der Waals surface area contributed by atoms with Gasteiger partial charge in [0.1, 0.15) is 0 Å². The highest BCUT2D eigenvalue weighted by Crippen LogP contribution is 2.18. The third-order valence-corrected chi connectivity index (χ3v) is 4.49. The van der Waals surface area contributed by atoms with Crippen molar-refractivity contribution in [3.63, 3.8) is 0 Å². The van der Waals surface area contributed by atoms with Crippen LogP contribution in [0.5, 0.6) is 0 Å². The Morgan fingerprint density at radius 2 is 2.06 bits per heavy atom. The summed E-state index contributed by atoms with van der Waals surface area (Å²) < 4.78 is 5.39. The van der Waals surface area contributed by atoms with Crippen molar-refractivity contribution in [1.82, 2.24) is 10.2 Å². The number of aliphatic hydroxyl groups is 1. The summed E-state index contributed by atoms with van der Waals surface area (Å²) in [6, 6.07) is 0.679.